The summed E-state index contributed by atoms with van der Waals surface area (Å²) in [5.74, 6) is 0.543. The Bertz CT molecular complexity index is 1270. The first-order chi connectivity index (χ1) is 19.6. The number of aliphatic hydroxyl groups excluding tert-OH is 1. The highest BCUT2D eigenvalue weighted by atomic mass is 32.2. The average molecular weight is 596 g/mol. The number of thioether (sulfide) groups is 2. The molecule has 0 fully saturated rings. The highest BCUT2D eigenvalue weighted by Crippen LogP contribution is 2.22. The van der Waals surface area contributed by atoms with Crippen molar-refractivity contribution >= 4 is 35.3 Å². The van der Waals surface area contributed by atoms with Gasteiger partial charge in [-0.3, -0.25) is 14.5 Å². The second kappa shape index (κ2) is 16.5. The lowest BCUT2D eigenvalue weighted by Gasteiger charge is -2.30. The van der Waals surface area contributed by atoms with Crippen LogP contribution < -0.4 is 10.6 Å². The lowest BCUT2D eigenvalue weighted by atomic mass is 10.1. The number of aryl methyl sites for hydroxylation is 1. The van der Waals surface area contributed by atoms with Crippen LogP contribution in [0, 0.1) is 13.8 Å². The van der Waals surface area contributed by atoms with Gasteiger partial charge >= 0.3 is 0 Å². The van der Waals surface area contributed by atoms with Gasteiger partial charge in [0.25, 0.3) is 5.91 Å². The number of carbonyl (C=O) groups is 2. The fraction of sp³-hybridized carbons (Fsp3) is 0.375. The van der Waals surface area contributed by atoms with Crippen LogP contribution in [-0.2, 0) is 11.3 Å². The molecule has 3 aromatic rings. The van der Waals surface area contributed by atoms with Crippen molar-refractivity contribution in [1.82, 2.24) is 15.5 Å². The van der Waals surface area contributed by atoms with Crippen LogP contribution in [-0.4, -0.2) is 69.0 Å². The molecular weight excluding hydrogens is 555 g/mol. The van der Waals surface area contributed by atoms with Gasteiger partial charge in [0.15, 0.2) is 0 Å². The van der Waals surface area contributed by atoms with Gasteiger partial charge in [0.2, 0.25) is 5.91 Å². The monoisotopic (exact) mass is 595 g/mol. The number of benzene rings is 3. The summed E-state index contributed by atoms with van der Waals surface area (Å²) in [5.41, 5.74) is 3.02. The number of carbonyl (C=O) groups excluding carboxylic acids is 2. The Labute approximate surface area is 252 Å². The van der Waals surface area contributed by atoms with Gasteiger partial charge in [-0.05, 0) is 49.2 Å². The molecule has 9 heteroatoms. The molecule has 0 aliphatic rings. The van der Waals surface area contributed by atoms with Gasteiger partial charge < -0.3 is 20.8 Å². The number of nitrogens with one attached hydrogen (secondary N) is 2. The van der Waals surface area contributed by atoms with E-state index in [-0.39, 0.29) is 30.7 Å². The van der Waals surface area contributed by atoms with Crippen LogP contribution in [0.25, 0.3) is 0 Å². The third kappa shape index (κ3) is 10.7. The van der Waals surface area contributed by atoms with E-state index in [0.717, 1.165) is 16.0 Å². The second-order valence-corrected chi connectivity index (χ2v) is 12.9. The lowest BCUT2D eigenvalue weighted by Crippen LogP contribution is -2.51. The van der Waals surface area contributed by atoms with Crippen molar-refractivity contribution in [2.75, 3.05) is 24.7 Å². The molecule has 2 atom stereocenters. The molecule has 7 nitrogen and oxygen atoms in total. The number of nitrogens with zero attached hydrogens (tertiary/aromatic N) is 1. The maximum atomic E-state index is 13.2. The number of rotatable bonds is 15. The molecule has 0 aromatic heterocycles. The van der Waals surface area contributed by atoms with Crippen molar-refractivity contribution in [3.63, 3.8) is 0 Å². The molecule has 3 aromatic carbocycles. The van der Waals surface area contributed by atoms with Crippen LogP contribution in [0.3, 0.4) is 0 Å². The minimum Gasteiger partial charge on any atom is -0.508 e. The van der Waals surface area contributed by atoms with E-state index in [1.54, 1.807) is 42.6 Å². The van der Waals surface area contributed by atoms with E-state index in [4.69, 9.17) is 0 Å². The van der Waals surface area contributed by atoms with Gasteiger partial charge in [-0.25, -0.2) is 0 Å². The molecule has 0 saturated carbocycles. The van der Waals surface area contributed by atoms with Crippen LogP contribution in [0.15, 0.2) is 77.7 Å². The number of aromatic hydroxyl groups is 1. The maximum absolute atomic E-state index is 13.2. The van der Waals surface area contributed by atoms with Gasteiger partial charge in [0.05, 0.1) is 18.7 Å². The Balaban J connectivity index is 1.72. The first-order valence-electron chi connectivity index (χ1n) is 13.7. The van der Waals surface area contributed by atoms with E-state index in [1.807, 2.05) is 66.4 Å². The second-order valence-electron chi connectivity index (χ2n) is 10.3. The first-order valence-corrected chi connectivity index (χ1v) is 15.8. The molecule has 0 spiro atoms. The van der Waals surface area contributed by atoms with Crippen molar-refractivity contribution in [3.05, 3.63) is 95.1 Å². The average Bonchev–Trinajstić information content (AvgIpc) is 2.95. The summed E-state index contributed by atoms with van der Waals surface area (Å²) in [4.78, 5) is 29.1. The normalized spacial score (nSPS) is 12.8. The zero-order chi connectivity index (χ0) is 29.8. The predicted octanol–water partition coefficient (Wildman–Crippen LogP) is 4.98. The van der Waals surface area contributed by atoms with E-state index in [1.165, 1.54) is 6.07 Å². The molecule has 0 heterocycles. The first kappa shape index (κ1) is 32.5. The fourth-order valence-electron chi connectivity index (χ4n) is 4.14. The Hall–Kier alpha value is -2.98. The third-order valence-electron chi connectivity index (χ3n) is 6.64. The van der Waals surface area contributed by atoms with Crippen molar-refractivity contribution < 1.29 is 19.8 Å². The SMILES string of the molecule is Cc1ccccc1CNC(=O)CN(CSC(C)C)C[C@@H](O)[C@H](CSc1ccccc1)NC(=O)c1cccc(O)c1C. The van der Waals surface area contributed by atoms with Crippen LogP contribution >= 0.6 is 23.5 Å². The highest BCUT2D eigenvalue weighted by Gasteiger charge is 2.26. The van der Waals surface area contributed by atoms with Gasteiger partial charge in [0, 0.05) is 46.0 Å². The number of phenolic OH excluding ortho intramolecular Hbond substituents is 1. The zero-order valence-corrected chi connectivity index (χ0v) is 25.8. The molecule has 0 unspecified atom stereocenters. The largest absolute Gasteiger partial charge is 0.508 e. The maximum Gasteiger partial charge on any atom is 0.252 e. The van der Waals surface area contributed by atoms with Gasteiger partial charge in [-0.15, -0.1) is 23.5 Å². The van der Waals surface area contributed by atoms with Crippen molar-refractivity contribution in [2.24, 2.45) is 0 Å². The molecular formula is C32H41N3O4S2. The lowest BCUT2D eigenvalue weighted by molar-refractivity contribution is -0.122. The van der Waals surface area contributed by atoms with Gasteiger partial charge in [-0.1, -0.05) is 62.4 Å². The van der Waals surface area contributed by atoms with E-state index in [0.29, 0.717) is 34.6 Å². The summed E-state index contributed by atoms with van der Waals surface area (Å²) in [6, 6.07) is 22.0. The minimum absolute atomic E-state index is 0.0435. The Morgan fingerprint density at radius 3 is 2.37 bits per heavy atom. The number of hydrogen-bond donors (Lipinski definition) is 4. The standard InChI is InChI=1S/C32H41N3O4S2/c1-22(2)41-21-35(19-31(38)33-17-25-12-9-8-11-23(25)3)18-30(37)28(20-40-26-13-6-5-7-14-26)34-32(39)27-15-10-16-29(36)24(27)4/h5-16,22,28,30,36-37H,17-21H2,1-4H3,(H,33,38)(H,34,39)/t28-,30+/m0/s1. The van der Waals surface area contributed by atoms with Crippen LogP contribution in [0.4, 0.5) is 0 Å². The summed E-state index contributed by atoms with van der Waals surface area (Å²) >= 11 is 3.23. The minimum atomic E-state index is -0.940. The molecule has 3 rings (SSSR count). The summed E-state index contributed by atoms with van der Waals surface area (Å²) < 4.78 is 0. The highest BCUT2D eigenvalue weighted by molar-refractivity contribution is 7.99. The molecule has 0 radical (unpaired) electrons. The summed E-state index contributed by atoms with van der Waals surface area (Å²) in [6.45, 7) is 8.66. The Morgan fingerprint density at radius 1 is 0.951 bits per heavy atom. The van der Waals surface area contributed by atoms with Crippen molar-refractivity contribution in [1.29, 1.82) is 0 Å². The summed E-state index contributed by atoms with van der Waals surface area (Å²) in [5, 5.41) is 27.9. The summed E-state index contributed by atoms with van der Waals surface area (Å²) in [6.07, 6.45) is -0.940. The van der Waals surface area contributed by atoms with E-state index >= 15 is 0 Å². The van der Waals surface area contributed by atoms with Crippen molar-refractivity contribution in [2.45, 2.75) is 56.5 Å². The van der Waals surface area contributed by atoms with Crippen LogP contribution in [0.2, 0.25) is 0 Å². The Morgan fingerprint density at radius 2 is 1.66 bits per heavy atom. The molecule has 2 amide bonds. The predicted molar refractivity (Wildman–Crippen MR) is 169 cm³/mol. The number of hydrogen-bond acceptors (Lipinski definition) is 7. The molecule has 0 aliphatic carbocycles. The summed E-state index contributed by atoms with van der Waals surface area (Å²) in [7, 11) is 0. The number of aliphatic hydroxyl groups is 1. The van der Waals surface area contributed by atoms with E-state index in [9.17, 15) is 19.8 Å². The smallest absolute Gasteiger partial charge is 0.252 e. The zero-order valence-electron chi connectivity index (χ0n) is 24.2. The quantitative estimate of drug-likeness (QED) is 0.145. The molecule has 0 aliphatic heterocycles. The number of amides is 2. The molecule has 41 heavy (non-hydrogen) atoms. The molecule has 0 bridgehead atoms. The number of phenols is 1. The topological polar surface area (TPSA) is 102 Å². The Kier molecular flexibility index (Phi) is 13.1. The molecule has 0 saturated heterocycles. The van der Waals surface area contributed by atoms with Gasteiger partial charge in [-0.2, -0.15) is 0 Å². The van der Waals surface area contributed by atoms with Gasteiger partial charge in [0.1, 0.15) is 5.75 Å². The van der Waals surface area contributed by atoms with E-state index < -0.39 is 12.1 Å². The molecule has 220 valence electrons. The van der Waals surface area contributed by atoms with Crippen molar-refractivity contribution in [3.8, 4) is 5.75 Å². The third-order valence-corrected chi connectivity index (χ3v) is 8.96. The van der Waals surface area contributed by atoms with Crippen LogP contribution in [0.5, 0.6) is 5.75 Å². The molecule has 4 N–H and O–H groups in total. The van der Waals surface area contributed by atoms with E-state index in [2.05, 4.69) is 24.5 Å². The van der Waals surface area contributed by atoms with Crippen LogP contribution in [0.1, 0.15) is 40.9 Å². The fourth-order valence-corrected chi connectivity index (χ4v) is 5.87.